The Bertz CT molecular complexity index is 1840. The second kappa shape index (κ2) is 8.94. The zero-order valence-corrected chi connectivity index (χ0v) is 19.5. The van der Waals surface area contributed by atoms with Crippen molar-refractivity contribution in [2.45, 2.75) is 12.7 Å². The van der Waals surface area contributed by atoms with Crippen molar-refractivity contribution in [3.8, 4) is 58.0 Å². The van der Waals surface area contributed by atoms with Gasteiger partial charge in [0.05, 0.1) is 0 Å². The zero-order chi connectivity index (χ0) is 29.0. The predicted molar refractivity (Wildman–Crippen MR) is 125 cm³/mol. The number of allylic oxidation sites excluding steroid dienone is 2. The van der Waals surface area contributed by atoms with Gasteiger partial charge in [0.25, 0.3) is 0 Å². The fourth-order valence-electron chi connectivity index (χ4n) is 4.96. The highest BCUT2D eigenvalue weighted by molar-refractivity contribution is 6.15. The fourth-order valence-corrected chi connectivity index (χ4v) is 4.96. The van der Waals surface area contributed by atoms with Crippen molar-refractivity contribution in [3.63, 3.8) is 0 Å². The number of hydrogen-bond donors (Lipinski definition) is 0. The summed E-state index contributed by atoms with van der Waals surface area (Å²) in [6.45, 7) is 0. The second-order valence-corrected chi connectivity index (χ2v) is 8.37. The van der Waals surface area contributed by atoms with Crippen LogP contribution in [0.1, 0.15) is 22.3 Å². The number of benzene rings is 3. The summed E-state index contributed by atoms with van der Waals surface area (Å²) in [4.78, 5) is 0. The fraction of sp³-hybridized carbons (Fsp3) is 0.0714. The molecule has 5 rings (SSSR count). The summed E-state index contributed by atoms with van der Waals surface area (Å²) in [6, 6.07) is 16.6. The minimum Gasteiger partial charge on any atom is -0.406 e. The summed E-state index contributed by atoms with van der Waals surface area (Å²) < 4.78 is 85.9. The van der Waals surface area contributed by atoms with Crippen LogP contribution in [0.15, 0.2) is 59.7 Å². The third-order valence-corrected chi connectivity index (χ3v) is 6.22. The van der Waals surface area contributed by atoms with Gasteiger partial charge in [0.1, 0.15) is 46.9 Å². The molecule has 2 aliphatic carbocycles. The molecule has 6 nitrogen and oxygen atoms in total. The predicted octanol–water partition coefficient (Wildman–Crippen LogP) is 7.14. The number of rotatable bonds is 2. The van der Waals surface area contributed by atoms with Gasteiger partial charge in [0, 0.05) is 16.7 Å². The van der Waals surface area contributed by atoms with Crippen LogP contribution >= 0.6 is 0 Å². The van der Waals surface area contributed by atoms with Crippen molar-refractivity contribution in [1.82, 2.24) is 0 Å². The average Bonchev–Trinajstić information content (AvgIpc) is 3.37. The molecule has 40 heavy (non-hydrogen) atoms. The summed E-state index contributed by atoms with van der Waals surface area (Å²) in [7, 11) is 0. The Kier molecular flexibility index (Phi) is 5.79. The molecule has 0 unspecified atom stereocenters. The first-order chi connectivity index (χ1) is 18.9. The van der Waals surface area contributed by atoms with E-state index in [4.69, 9.17) is 0 Å². The number of fused-ring (bicyclic) bond motifs is 7. The van der Waals surface area contributed by atoms with E-state index in [0.29, 0.717) is 0 Å². The monoisotopic (exact) mass is 546 g/mol. The summed E-state index contributed by atoms with van der Waals surface area (Å²) in [5.74, 6) is -1.19. The highest BCUT2D eigenvalue weighted by Gasteiger charge is 2.38. The topological polar surface area (TPSA) is 114 Å². The van der Waals surface area contributed by atoms with Gasteiger partial charge in [-0.05, 0) is 75.3 Å². The van der Waals surface area contributed by atoms with Crippen LogP contribution in [0.5, 0.6) is 11.5 Å². The maximum atomic E-state index is 13.0. The molecule has 0 saturated carbocycles. The Hall–Kier alpha value is -5.72. The van der Waals surface area contributed by atoms with Gasteiger partial charge in [-0.1, -0.05) is 12.1 Å². The quantitative estimate of drug-likeness (QED) is 0.172. The largest absolute Gasteiger partial charge is 0.573 e. The molecule has 0 amide bonds. The minimum atomic E-state index is -5.04. The third-order valence-electron chi connectivity index (χ3n) is 6.22. The Balaban J connectivity index is 1.90. The van der Waals surface area contributed by atoms with Gasteiger partial charge < -0.3 is 9.47 Å². The molecule has 12 heteroatoms. The van der Waals surface area contributed by atoms with E-state index in [0.717, 1.165) is 24.3 Å². The van der Waals surface area contributed by atoms with Crippen molar-refractivity contribution in [2.75, 3.05) is 0 Å². The van der Waals surface area contributed by atoms with Crippen molar-refractivity contribution in [1.29, 1.82) is 21.0 Å². The lowest BCUT2D eigenvalue weighted by molar-refractivity contribution is -0.275. The minimum absolute atomic E-state index is 0.0233. The molecule has 0 aromatic heterocycles. The number of hydrogen-bond acceptors (Lipinski definition) is 6. The smallest absolute Gasteiger partial charge is 0.406 e. The van der Waals surface area contributed by atoms with E-state index in [-0.39, 0.29) is 61.2 Å². The van der Waals surface area contributed by atoms with E-state index in [9.17, 15) is 47.4 Å². The third kappa shape index (κ3) is 4.15. The molecule has 2 aliphatic rings. The maximum Gasteiger partial charge on any atom is 0.573 e. The molecule has 0 radical (unpaired) electrons. The number of nitriles is 4. The average molecular weight is 546 g/mol. The van der Waals surface area contributed by atoms with E-state index in [1.807, 2.05) is 0 Å². The summed E-state index contributed by atoms with van der Waals surface area (Å²) in [5, 5.41) is 38.7. The molecular weight excluding hydrogens is 538 g/mol. The van der Waals surface area contributed by atoms with Crippen LogP contribution in [-0.2, 0) is 0 Å². The lowest BCUT2D eigenvalue weighted by Gasteiger charge is -2.13. The normalized spacial score (nSPS) is 12.6. The molecule has 3 aromatic carbocycles. The number of ether oxygens (including phenoxy) is 2. The summed E-state index contributed by atoms with van der Waals surface area (Å²) in [6.07, 6.45) is -10.0. The Morgan fingerprint density at radius 2 is 0.925 bits per heavy atom. The van der Waals surface area contributed by atoms with Crippen LogP contribution in [0.2, 0.25) is 0 Å². The van der Waals surface area contributed by atoms with Crippen LogP contribution in [0.4, 0.5) is 26.3 Å². The number of alkyl halides is 6. The van der Waals surface area contributed by atoms with Crippen LogP contribution < -0.4 is 9.47 Å². The molecule has 0 spiro atoms. The van der Waals surface area contributed by atoms with Gasteiger partial charge >= 0.3 is 12.7 Å². The number of halogens is 6. The molecule has 0 saturated heterocycles. The molecule has 0 bridgehead atoms. The van der Waals surface area contributed by atoms with E-state index in [1.165, 1.54) is 24.3 Å². The lowest BCUT2D eigenvalue weighted by atomic mass is 9.90. The van der Waals surface area contributed by atoms with E-state index in [1.54, 1.807) is 24.3 Å². The highest BCUT2D eigenvalue weighted by Crippen LogP contribution is 2.57. The second-order valence-electron chi connectivity index (χ2n) is 8.37. The molecule has 0 N–H and O–H groups in total. The Labute approximate surface area is 221 Å². The van der Waals surface area contributed by atoms with Gasteiger partial charge in [-0.3, -0.25) is 0 Å². The standard InChI is InChI=1S/C28H8F6N4O2/c29-27(30,31)39-15-1-3-17-21(7-15)18-5-6-20-23(13(9-35)10-36)19-4-2-16(40-28(32,33)34)8-22(19)25(20)26(18)24(17)14(11-37)12-38/h1-8H. The number of nitrogens with zero attached hydrogens (tertiary/aromatic N) is 4. The molecule has 0 atom stereocenters. The van der Waals surface area contributed by atoms with Gasteiger partial charge in [-0.15, -0.1) is 26.3 Å². The van der Waals surface area contributed by atoms with E-state index < -0.39 is 29.8 Å². The van der Waals surface area contributed by atoms with Gasteiger partial charge in [-0.25, -0.2) is 0 Å². The molecule has 194 valence electrons. The van der Waals surface area contributed by atoms with Crippen LogP contribution in [0.25, 0.3) is 33.4 Å². The van der Waals surface area contributed by atoms with Crippen molar-refractivity contribution in [3.05, 3.63) is 81.9 Å². The van der Waals surface area contributed by atoms with Crippen LogP contribution in [-0.4, -0.2) is 12.7 Å². The first-order valence-corrected chi connectivity index (χ1v) is 11.0. The lowest BCUT2D eigenvalue weighted by Crippen LogP contribution is -2.17. The van der Waals surface area contributed by atoms with Crippen molar-refractivity contribution >= 4 is 11.1 Å². The summed E-state index contributed by atoms with van der Waals surface area (Å²) in [5.41, 5.74) is 0.856. The molecule has 0 heterocycles. The molecule has 0 fully saturated rings. The zero-order valence-electron chi connectivity index (χ0n) is 19.5. The van der Waals surface area contributed by atoms with Crippen molar-refractivity contribution < 1.29 is 35.8 Å². The van der Waals surface area contributed by atoms with Gasteiger partial charge in [0.2, 0.25) is 0 Å². The van der Waals surface area contributed by atoms with Gasteiger partial charge in [-0.2, -0.15) is 21.0 Å². The first kappa shape index (κ1) is 25.9. The Morgan fingerprint density at radius 1 is 0.500 bits per heavy atom. The van der Waals surface area contributed by atoms with E-state index >= 15 is 0 Å². The Morgan fingerprint density at radius 3 is 1.43 bits per heavy atom. The van der Waals surface area contributed by atoms with Gasteiger partial charge in [0.15, 0.2) is 0 Å². The molecule has 3 aromatic rings. The molecular formula is C28H8F6N4O2. The summed E-state index contributed by atoms with van der Waals surface area (Å²) >= 11 is 0. The first-order valence-electron chi connectivity index (χ1n) is 11.0. The SMILES string of the molecule is N#CC(C#N)=C1c2ccc(OC(F)(F)F)cc2-c2c1ccc1c2C(=C(C#N)C#N)c2ccc(OC(F)(F)F)cc2-1. The van der Waals surface area contributed by atoms with Crippen molar-refractivity contribution in [2.24, 2.45) is 0 Å². The molecule has 0 aliphatic heterocycles. The van der Waals surface area contributed by atoms with Crippen LogP contribution in [0, 0.1) is 45.3 Å². The van der Waals surface area contributed by atoms with Crippen LogP contribution in [0.3, 0.4) is 0 Å². The van der Waals surface area contributed by atoms with E-state index in [2.05, 4.69) is 9.47 Å². The maximum absolute atomic E-state index is 13.0. The highest BCUT2D eigenvalue weighted by atomic mass is 19.4.